The summed E-state index contributed by atoms with van der Waals surface area (Å²) in [4.78, 5) is 23.4. The average molecular weight is 364 g/mol. The van der Waals surface area contributed by atoms with Gasteiger partial charge in [0.05, 0.1) is 11.4 Å². The maximum atomic E-state index is 11.9. The van der Waals surface area contributed by atoms with E-state index in [0.29, 0.717) is 36.3 Å². The van der Waals surface area contributed by atoms with Gasteiger partial charge in [-0.05, 0) is 49.6 Å². The molecule has 0 unspecified atom stereocenters. The molecule has 0 atom stereocenters. The van der Waals surface area contributed by atoms with Gasteiger partial charge in [-0.25, -0.2) is 9.48 Å². The first-order chi connectivity index (χ1) is 13.1. The van der Waals surface area contributed by atoms with Crippen molar-refractivity contribution < 1.29 is 14.7 Å². The zero-order chi connectivity index (χ0) is 19.2. The van der Waals surface area contributed by atoms with Crippen LogP contribution in [0, 0.1) is 0 Å². The van der Waals surface area contributed by atoms with Crippen molar-refractivity contribution in [3.05, 3.63) is 77.1 Å². The van der Waals surface area contributed by atoms with E-state index < -0.39 is 5.97 Å². The van der Waals surface area contributed by atoms with Gasteiger partial charge in [0.2, 0.25) is 0 Å². The molecule has 0 saturated carbocycles. The highest BCUT2D eigenvalue weighted by molar-refractivity contribution is 5.94. The summed E-state index contributed by atoms with van der Waals surface area (Å²) in [5, 5.41) is 20.0. The largest absolute Gasteiger partial charge is 0.476 e. The summed E-state index contributed by atoms with van der Waals surface area (Å²) in [6, 6.07) is 16.7. The Balaban J connectivity index is 1.88. The van der Waals surface area contributed by atoms with Crippen LogP contribution in [0.4, 0.5) is 0 Å². The number of nitrogens with one attached hydrogen (secondary N) is 1. The molecule has 27 heavy (non-hydrogen) atoms. The van der Waals surface area contributed by atoms with E-state index in [4.69, 9.17) is 0 Å². The quantitative estimate of drug-likeness (QED) is 0.671. The number of aromatic nitrogens is 3. The first kappa shape index (κ1) is 18.3. The van der Waals surface area contributed by atoms with Gasteiger partial charge in [-0.3, -0.25) is 4.79 Å². The number of benzene rings is 2. The summed E-state index contributed by atoms with van der Waals surface area (Å²) < 4.78 is 1.52. The van der Waals surface area contributed by atoms with Crippen molar-refractivity contribution in [2.75, 3.05) is 6.54 Å². The summed E-state index contributed by atoms with van der Waals surface area (Å²) >= 11 is 0. The lowest BCUT2D eigenvalue weighted by Gasteiger charge is -2.08. The first-order valence-corrected chi connectivity index (χ1v) is 8.70. The number of aromatic carboxylic acids is 1. The first-order valence-electron chi connectivity index (χ1n) is 8.70. The molecule has 0 saturated heterocycles. The van der Waals surface area contributed by atoms with Crippen LogP contribution >= 0.6 is 0 Å². The molecule has 0 spiro atoms. The Kier molecular flexibility index (Phi) is 5.61. The molecule has 0 radical (unpaired) electrons. The maximum Gasteiger partial charge on any atom is 0.358 e. The van der Waals surface area contributed by atoms with Crippen LogP contribution in [0.1, 0.15) is 39.0 Å². The smallest absolute Gasteiger partial charge is 0.358 e. The second-order valence-electron chi connectivity index (χ2n) is 5.99. The summed E-state index contributed by atoms with van der Waals surface area (Å²) in [6.07, 6.45) is 1.15. The van der Waals surface area contributed by atoms with Crippen LogP contribution in [0.25, 0.3) is 5.69 Å². The van der Waals surface area contributed by atoms with E-state index >= 15 is 0 Å². The van der Waals surface area contributed by atoms with Crippen LogP contribution in [0.3, 0.4) is 0 Å². The van der Waals surface area contributed by atoms with Crippen LogP contribution in [0.15, 0.2) is 54.6 Å². The molecule has 2 N–H and O–H groups in total. The van der Waals surface area contributed by atoms with E-state index in [9.17, 15) is 14.7 Å². The van der Waals surface area contributed by atoms with Crippen molar-refractivity contribution >= 4 is 11.9 Å². The van der Waals surface area contributed by atoms with E-state index in [1.54, 1.807) is 24.3 Å². The molecule has 0 aliphatic heterocycles. The fourth-order valence-corrected chi connectivity index (χ4v) is 2.82. The number of carboxylic acid groups (broad SMARTS) is 1. The number of hydrogen-bond donors (Lipinski definition) is 2. The van der Waals surface area contributed by atoms with Crippen molar-refractivity contribution in [3.63, 3.8) is 0 Å². The topological polar surface area (TPSA) is 97.1 Å². The fourth-order valence-electron chi connectivity index (χ4n) is 2.82. The van der Waals surface area contributed by atoms with E-state index in [1.165, 1.54) is 4.68 Å². The molecule has 1 amide bonds. The van der Waals surface area contributed by atoms with Gasteiger partial charge in [-0.15, -0.1) is 5.10 Å². The average Bonchev–Trinajstić information content (AvgIpc) is 3.12. The summed E-state index contributed by atoms with van der Waals surface area (Å²) in [5.41, 5.74) is 2.76. The molecule has 0 fully saturated rings. The molecule has 0 aliphatic rings. The summed E-state index contributed by atoms with van der Waals surface area (Å²) in [6.45, 7) is 2.41. The summed E-state index contributed by atoms with van der Waals surface area (Å²) in [7, 11) is 0. The Bertz CT molecular complexity index is 934. The van der Waals surface area contributed by atoms with Crippen molar-refractivity contribution in [1.29, 1.82) is 0 Å². The molecule has 138 valence electrons. The zero-order valence-electron chi connectivity index (χ0n) is 14.9. The SMILES string of the molecule is CCNC(=O)c1ccc(-n2nnc(C(=O)O)c2CCc2ccccc2)cc1. The monoisotopic (exact) mass is 364 g/mol. The predicted molar refractivity (Wildman–Crippen MR) is 100 cm³/mol. The number of carbonyl (C=O) groups is 2. The minimum atomic E-state index is -1.11. The lowest BCUT2D eigenvalue weighted by Crippen LogP contribution is -2.22. The van der Waals surface area contributed by atoms with E-state index in [2.05, 4.69) is 15.6 Å². The van der Waals surface area contributed by atoms with Gasteiger partial charge >= 0.3 is 5.97 Å². The number of carboxylic acids is 1. The van der Waals surface area contributed by atoms with Gasteiger partial charge in [0, 0.05) is 12.1 Å². The number of hydrogen-bond acceptors (Lipinski definition) is 4. The Labute approximate surface area is 156 Å². The minimum Gasteiger partial charge on any atom is -0.476 e. The molecule has 3 aromatic rings. The Hall–Kier alpha value is -3.48. The summed E-state index contributed by atoms with van der Waals surface area (Å²) in [5.74, 6) is -1.26. The molecule has 0 aliphatic carbocycles. The molecular weight excluding hydrogens is 344 g/mol. The lowest BCUT2D eigenvalue weighted by atomic mass is 10.1. The van der Waals surface area contributed by atoms with Gasteiger partial charge in [-0.2, -0.15) is 0 Å². The second kappa shape index (κ2) is 8.27. The van der Waals surface area contributed by atoms with Gasteiger partial charge in [0.1, 0.15) is 0 Å². The van der Waals surface area contributed by atoms with Crippen molar-refractivity contribution in [1.82, 2.24) is 20.3 Å². The Morgan fingerprint density at radius 1 is 1.04 bits per heavy atom. The number of aryl methyl sites for hydroxylation is 1. The third kappa shape index (κ3) is 4.20. The van der Waals surface area contributed by atoms with Crippen LogP contribution in [-0.4, -0.2) is 38.5 Å². The third-order valence-electron chi connectivity index (χ3n) is 4.17. The molecule has 3 rings (SSSR count). The molecule has 0 bridgehead atoms. The molecule has 2 aromatic carbocycles. The Morgan fingerprint density at radius 2 is 1.74 bits per heavy atom. The highest BCUT2D eigenvalue weighted by Gasteiger charge is 2.20. The number of amides is 1. The zero-order valence-corrected chi connectivity index (χ0v) is 14.9. The number of rotatable bonds is 7. The van der Waals surface area contributed by atoms with Gasteiger partial charge in [0.25, 0.3) is 5.91 Å². The molecule has 7 nitrogen and oxygen atoms in total. The Morgan fingerprint density at radius 3 is 2.37 bits per heavy atom. The van der Waals surface area contributed by atoms with Gasteiger partial charge in [-0.1, -0.05) is 35.5 Å². The predicted octanol–water partition coefficient (Wildman–Crippen LogP) is 2.50. The highest BCUT2D eigenvalue weighted by atomic mass is 16.4. The van der Waals surface area contributed by atoms with E-state index in [1.807, 2.05) is 37.3 Å². The van der Waals surface area contributed by atoms with Crippen molar-refractivity contribution in [3.8, 4) is 5.69 Å². The molecular formula is C20H20N4O3. The lowest BCUT2D eigenvalue weighted by molar-refractivity contribution is 0.0688. The van der Waals surface area contributed by atoms with Gasteiger partial charge < -0.3 is 10.4 Å². The fraction of sp³-hybridized carbons (Fsp3) is 0.200. The third-order valence-corrected chi connectivity index (χ3v) is 4.17. The standard InChI is InChI=1S/C20H20N4O3/c1-2-21-19(25)15-9-11-16(12-10-15)24-17(18(20(26)27)22-23-24)13-8-14-6-4-3-5-7-14/h3-7,9-12H,2,8,13H2,1H3,(H,21,25)(H,26,27). The highest BCUT2D eigenvalue weighted by Crippen LogP contribution is 2.17. The van der Waals surface area contributed by atoms with Gasteiger partial charge in [0.15, 0.2) is 5.69 Å². The van der Waals surface area contributed by atoms with E-state index in [-0.39, 0.29) is 11.6 Å². The second-order valence-corrected chi connectivity index (χ2v) is 5.99. The normalized spacial score (nSPS) is 10.6. The molecule has 1 aromatic heterocycles. The number of carbonyl (C=O) groups excluding carboxylic acids is 1. The minimum absolute atomic E-state index is 0.0567. The van der Waals surface area contributed by atoms with Crippen molar-refractivity contribution in [2.24, 2.45) is 0 Å². The molecule has 1 heterocycles. The van der Waals surface area contributed by atoms with Crippen LogP contribution in [0.2, 0.25) is 0 Å². The van der Waals surface area contributed by atoms with Crippen LogP contribution in [-0.2, 0) is 12.8 Å². The number of nitrogens with zero attached hydrogens (tertiary/aromatic N) is 3. The molecule has 7 heteroatoms. The maximum absolute atomic E-state index is 11.9. The van der Waals surface area contributed by atoms with Crippen molar-refractivity contribution in [2.45, 2.75) is 19.8 Å². The van der Waals surface area contributed by atoms with E-state index in [0.717, 1.165) is 5.56 Å². The van der Waals surface area contributed by atoms with Crippen LogP contribution < -0.4 is 5.32 Å². The van der Waals surface area contributed by atoms with Crippen LogP contribution in [0.5, 0.6) is 0 Å².